The largest absolute Gasteiger partial charge is 0.416 e. The van der Waals surface area contributed by atoms with Gasteiger partial charge in [0.05, 0.1) is 5.56 Å². The van der Waals surface area contributed by atoms with E-state index in [1.807, 2.05) is 30.0 Å². The molecule has 1 aromatic heterocycles. The van der Waals surface area contributed by atoms with Crippen molar-refractivity contribution < 1.29 is 22.8 Å². The molecule has 0 saturated carbocycles. The van der Waals surface area contributed by atoms with E-state index in [4.69, 9.17) is 0 Å². The molecular formula is C23H22F3N5O2S. The van der Waals surface area contributed by atoms with E-state index in [1.165, 1.54) is 6.07 Å². The van der Waals surface area contributed by atoms with Gasteiger partial charge in [-0.25, -0.2) is 9.78 Å². The van der Waals surface area contributed by atoms with Crippen LogP contribution in [0.4, 0.5) is 34.5 Å². The smallest absolute Gasteiger partial charge is 0.368 e. The Bertz CT molecular complexity index is 1190. The normalized spacial score (nSPS) is 14.1. The number of hydrogen-bond donors (Lipinski definition) is 2. The van der Waals surface area contributed by atoms with Crippen LogP contribution in [-0.4, -0.2) is 48.0 Å². The van der Waals surface area contributed by atoms with Crippen molar-refractivity contribution in [2.24, 2.45) is 0 Å². The highest BCUT2D eigenvalue weighted by atomic mass is 32.1. The molecular weight excluding hydrogens is 467 g/mol. The van der Waals surface area contributed by atoms with E-state index in [-0.39, 0.29) is 16.7 Å². The fourth-order valence-electron chi connectivity index (χ4n) is 3.62. The lowest BCUT2D eigenvalue weighted by atomic mass is 10.1. The van der Waals surface area contributed by atoms with E-state index < -0.39 is 17.8 Å². The monoisotopic (exact) mass is 489 g/mol. The molecule has 2 N–H and O–H groups in total. The minimum atomic E-state index is -4.40. The van der Waals surface area contributed by atoms with Crippen LogP contribution in [0.2, 0.25) is 0 Å². The fraction of sp³-hybridized carbons (Fsp3) is 0.261. The van der Waals surface area contributed by atoms with Crippen LogP contribution in [0.3, 0.4) is 0 Å². The van der Waals surface area contributed by atoms with Crippen molar-refractivity contribution in [1.82, 2.24) is 9.88 Å². The van der Waals surface area contributed by atoms with Gasteiger partial charge in [-0.3, -0.25) is 10.1 Å². The molecule has 2 aromatic carbocycles. The van der Waals surface area contributed by atoms with Crippen molar-refractivity contribution in [3.8, 4) is 0 Å². The number of piperazine rings is 1. The number of nitrogens with zero attached hydrogens (tertiary/aromatic N) is 3. The van der Waals surface area contributed by atoms with Gasteiger partial charge in [0.25, 0.3) is 5.91 Å². The molecule has 1 saturated heterocycles. The number of halogens is 3. The lowest BCUT2D eigenvalue weighted by Gasteiger charge is -2.36. The number of anilines is 3. The van der Waals surface area contributed by atoms with Crippen LogP contribution >= 0.6 is 11.3 Å². The maximum absolute atomic E-state index is 13.0. The number of urea groups is 1. The zero-order chi connectivity index (χ0) is 24.3. The highest BCUT2D eigenvalue weighted by Crippen LogP contribution is 2.32. The first-order valence-electron chi connectivity index (χ1n) is 10.5. The molecule has 0 spiro atoms. The average molecular weight is 490 g/mol. The minimum absolute atomic E-state index is 0.211. The topological polar surface area (TPSA) is 77.6 Å². The van der Waals surface area contributed by atoms with Gasteiger partial charge in [-0.15, -0.1) is 11.3 Å². The van der Waals surface area contributed by atoms with Crippen LogP contribution in [0, 0.1) is 6.92 Å². The van der Waals surface area contributed by atoms with Crippen LogP contribution in [-0.2, 0) is 6.18 Å². The SMILES string of the molecule is Cc1cccc(NC(=O)Nc2nc(C(=O)N3CCN(c4cccc(C(F)(F)F)c4)CC3)cs2)c1. The number of aryl methyl sites for hydroxylation is 1. The maximum atomic E-state index is 13.0. The van der Waals surface area contributed by atoms with E-state index in [0.717, 1.165) is 29.0 Å². The predicted octanol–water partition coefficient (Wildman–Crippen LogP) is 5.08. The van der Waals surface area contributed by atoms with Crippen LogP contribution < -0.4 is 15.5 Å². The maximum Gasteiger partial charge on any atom is 0.416 e. The highest BCUT2D eigenvalue weighted by molar-refractivity contribution is 7.14. The summed E-state index contributed by atoms with van der Waals surface area (Å²) in [6, 6.07) is 12.1. The number of thiazole rings is 1. The summed E-state index contributed by atoms with van der Waals surface area (Å²) in [6.45, 7) is 3.43. The Labute approximate surface area is 198 Å². The number of amides is 3. The van der Waals surface area contributed by atoms with Crippen molar-refractivity contribution in [2.75, 3.05) is 41.7 Å². The minimum Gasteiger partial charge on any atom is -0.368 e. The standard InChI is InChI=1S/C23H22F3N5O2S/c1-15-4-2-6-17(12-15)27-21(33)29-22-28-19(14-34-22)20(32)31-10-8-30(9-11-31)18-7-3-5-16(13-18)23(24,25)26/h2-7,12-14H,8-11H2,1H3,(H2,27,28,29,33). The molecule has 1 aliphatic heterocycles. The molecule has 0 bridgehead atoms. The Balaban J connectivity index is 1.32. The molecule has 7 nitrogen and oxygen atoms in total. The van der Waals surface area contributed by atoms with Crippen molar-refractivity contribution in [3.63, 3.8) is 0 Å². The molecule has 0 aliphatic carbocycles. The summed E-state index contributed by atoms with van der Waals surface area (Å²) in [7, 11) is 0. The fourth-order valence-corrected chi connectivity index (χ4v) is 4.30. The number of benzene rings is 2. The third kappa shape index (κ3) is 5.66. The average Bonchev–Trinajstić information content (AvgIpc) is 3.26. The Kier molecular flexibility index (Phi) is 6.73. The van der Waals surface area contributed by atoms with Gasteiger partial charge in [-0.1, -0.05) is 18.2 Å². The van der Waals surface area contributed by atoms with Crippen molar-refractivity contribution in [2.45, 2.75) is 13.1 Å². The quantitative estimate of drug-likeness (QED) is 0.536. The van der Waals surface area contributed by atoms with Gasteiger partial charge in [0.15, 0.2) is 5.13 Å². The summed E-state index contributed by atoms with van der Waals surface area (Å²) in [5.41, 5.74) is 1.64. The molecule has 1 aliphatic rings. The second-order valence-electron chi connectivity index (χ2n) is 7.81. The van der Waals surface area contributed by atoms with E-state index in [1.54, 1.807) is 22.4 Å². The molecule has 2 heterocycles. The molecule has 3 amide bonds. The number of aromatic nitrogens is 1. The molecule has 4 rings (SSSR count). The number of carbonyl (C=O) groups is 2. The second-order valence-corrected chi connectivity index (χ2v) is 8.67. The third-order valence-electron chi connectivity index (χ3n) is 5.33. The summed E-state index contributed by atoms with van der Waals surface area (Å²) in [5.74, 6) is -0.285. The Hall–Kier alpha value is -3.60. The van der Waals surface area contributed by atoms with Crippen molar-refractivity contribution >= 4 is 39.8 Å². The molecule has 3 aromatic rings. The van der Waals surface area contributed by atoms with E-state index in [0.29, 0.717) is 37.6 Å². The summed E-state index contributed by atoms with van der Waals surface area (Å²) in [5, 5.41) is 7.19. The summed E-state index contributed by atoms with van der Waals surface area (Å²) >= 11 is 1.14. The first-order chi connectivity index (χ1) is 16.2. The lowest BCUT2D eigenvalue weighted by molar-refractivity contribution is -0.137. The lowest BCUT2D eigenvalue weighted by Crippen LogP contribution is -2.49. The van der Waals surface area contributed by atoms with Gasteiger partial charge in [0, 0.05) is 42.9 Å². The van der Waals surface area contributed by atoms with Crippen molar-refractivity contribution in [1.29, 1.82) is 0 Å². The van der Waals surface area contributed by atoms with Gasteiger partial charge in [0.1, 0.15) is 5.69 Å². The molecule has 1 fully saturated rings. The zero-order valence-corrected chi connectivity index (χ0v) is 19.0. The molecule has 11 heteroatoms. The van der Waals surface area contributed by atoms with E-state index in [9.17, 15) is 22.8 Å². The summed E-state index contributed by atoms with van der Waals surface area (Å²) < 4.78 is 39.0. The van der Waals surface area contributed by atoms with E-state index >= 15 is 0 Å². The Morgan fingerprint density at radius 3 is 2.44 bits per heavy atom. The molecule has 0 unspecified atom stereocenters. The highest BCUT2D eigenvalue weighted by Gasteiger charge is 2.31. The molecule has 0 atom stereocenters. The summed E-state index contributed by atoms with van der Waals surface area (Å²) in [4.78, 5) is 32.7. The molecule has 34 heavy (non-hydrogen) atoms. The molecule has 178 valence electrons. The van der Waals surface area contributed by atoms with Crippen LogP contribution in [0.5, 0.6) is 0 Å². The number of alkyl halides is 3. The number of hydrogen-bond acceptors (Lipinski definition) is 5. The van der Waals surface area contributed by atoms with Gasteiger partial charge in [0.2, 0.25) is 0 Å². The van der Waals surface area contributed by atoms with Gasteiger partial charge in [-0.2, -0.15) is 13.2 Å². The van der Waals surface area contributed by atoms with E-state index in [2.05, 4.69) is 15.6 Å². The van der Waals surface area contributed by atoms with Crippen molar-refractivity contribution in [3.05, 3.63) is 70.7 Å². The third-order valence-corrected chi connectivity index (χ3v) is 6.08. The van der Waals surface area contributed by atoms with Crippen LogP contribution in [0.15, 0.2) is 53.9 Å². The number of rotatable bonds is 4. The predicted molar refractivity (Wildman–Crippen MR) is 125 cm³/mol. The zero-order valence-electron chi connectivity index (χ0n) is 18.2. The second kappa shape index (κ2) is 9.72. The molecule has 0 radical (unpaired) electrons. The van der Waals surface area contributed by atoms with Crippen LogP contribution in [0.1, 0.15) is 21.6 Å². The van der Waals surface area contributed by atoms with Gasteiger partial charge < -0.3 is 15.1 Å². The van der Waals surface area contributed by atoms with Gasteiger partial charge in [-0.05, 0) is 42.8 Å². The number of carbonyl (C=O) groups excluding carboxylic acids is 2. The summed E-state index contributed by atoms with van der Waals surface area (Å²) in [6.07, 6.45) is -4.40. The van der Waals surface area contributed by atoms with Gasteiger partial charge >= 0.3 is 12.2 Å². The first kappa shape index (κ1) is 23.6. The Morgan fingerprint density at radius 1 is 1.00 bits per heavy atom. The van der Waals surface area contributed by atoms with Crippen LogP contribution in [0.25, 0.3) is 0 Å². The first-order valence-corrected chi connectivity index (χ1v) is 11.4. The number of nitrogens with one attached hydrogen (secondary N) is 2. The Morgan fingerprint density at radius 2 is 1.74 bits per heavy atom.